The molecular weight excluding hydrogens is 468 g/mol. The predicted octanol–water partition coefficient (Wildman–Crippen LogP) is 4.72. The number of carbonyl (C=O) groups excluding carboxylic acids is 2. The number of hydrogen-bond acceptors (Lipinski definition) is 5. The highest BCUT2D eigenvalue weighted by molar-refractivity contribution is 8.00. The topological polar surface area (TPSA) is 133 Å². The Morgan fingerprint density at radius 2 is 1.36 bits per heavy atom. The molecule has 0 bridgehead atoms. The van der Waals surface area contributed by atoms with Crippen LogP contribution in [-0.4, -0.2) is 39.7 Å². The minimum Gasteiger partial charge on any atom is -0.478 e. The highest BCUT2D eigenvalue weighted by atomic mass is 35.5. The van der Waals surface area contributed by atoms with Crippen molar-refractivity contribution in [1.82, 2.24) is 0 Å². The second-order valence-corrected chi connectivity index (χ2v) is 8.18. The van der Waals surface area contributed by atoms with Gasteiger partial charge in [-0.2, -0.15) is 0 Å². The number of benzene rings is 3. The number of aromatic carboxylic acids is 2. The summed E-state index contributed by atoms with van der Waals surface area (Å²) in [6.45, 7) is 0. The van der Waals surface area contributed by atoms with Gasteiger partial charge in [0.25, 0.3) is 5.91 Å². The number of carbonyl (C=O) groups is 4. The molecule has 8 nitrogen and oxygen atoms in total. The number of anilines is 2. The van der Waals surface area contributed by atoms with E-state index >= 15 is 0 Å². The lowest BCUT2D eigenvalue weighted by Gasteiger charge is -2.10. The largest absolute Gasteiger partial charge is 0.478 e. The summed E-state index contributed by atoms with van der Waals surface area (Å²) in [6.07, 6.45) is 0. The third kappa shape index (κ3) is 6.58. The maximum atomic E-state index is 12.5. The fourth-order valence-corrected chi connectivity index (χ4v) is 3.59. The first-order chi connectivity index (χ1) is 15.7. The SMILES string of the molecule is O=C(CSc1ccc(NC(=O)c2ccc(C(=O)O)cc2C(=O)O)cc1)Nc1ccc(Cl)cc1. The van der Waals surface area contributed by atoms with Crippen LogP contribution in [0.2, 0.25) is 5.02 Å². The molecule has 0 heterocycles. The van der Waals surface area contributed by atoms with Crippen molar-refractivity contribution in [3.8, 4) is 0 Å². The smallest absolute Gasteiger partial charge is 0.336 e. The molecule has 0 saturated carbocycles. The van der Waals surface area contributed by atoms with Gasteiger partial charge in [0.1, 0.15) is 0 Å². The van der Waals surface area contributed by atoms with Gasteiger partial charge >= 0.3 is 11.9 Å². The number of nitrogens with one attached hydrogen (secondary N) is 2. The van der Waals surface area contributed by atoms with Gasteiger partial charge in [-0.1, -0.05) is 11.6 Å². The van der Waals surface area contributed by atoms with E-state index in [1.54, 1.807) is 48.5 Å². The van der Waals surface area contributed by atoms with Gasteiger partial charge in [0.15, 0.2) is 0 Å². The number of amides is 2. The van der Waals surface area contributed by atoms with Gasteiger partial charge in [0.05, 0.1) is 22.4 Å². The summed E-state index contributed by atoms with van der Waals surface area (Å²) in [7, 11) is 0. The van der Waals surface area contributed by atoms with Crippen LogP contribution >= 0.6 is 23.4 Å². The minimum atomic E-state index is -1.41. The van der Waals surface area contributed by atoms with Gasteiger partial charge in [-0.3, -0.25) is 9.59 Å². The monoisotopic (exact) mass is 484 g/mol. The Morgan fingerprint density at radius 1 is 0.758 bits per heavy atom. The lowest BCUT2D eigenvalue weighted by Crippen LogP contribution is -2.17. The lowest BCUT2D eigenvalue weighted by atomic mass is 10.0. The van der Waals surface area contributed by atoms with Gasteiger partial charge in [0, 0.05) is 21.3 Å². The lowest BCUT2D eigenvalue weighted by molar-refractivity contribution is -0.113. The first kappa shape index (κ1) is 23.8. The third-order valence-electron chi connectivity index (χ3n) is 4.35. The molecule has 0 spiro atoms. The molecule has 0 unspecified atom stereocenters. The van der Waals surface area contributed by atoms with Gasteiger partial charge < -0.3 is 20.8 Å². The fraction of sp³-hybridized carbons (Fsp3) is 0.0435. The van der Waals surface area contributed by atoms with Gasteiger partial charge in [-0.15, -0.1) is 11.8 Å². The van der Waals surface area contributed by atoms with Crippen LogP contribution in [0, 0.1) is 0 Å². The summed E-state index contributed by atoms with van der Waals surface area (Å²) in [5.74, 6) is -3.41. The first-order valence-electron chi connectivity index (χ1n) is 9.43. The van der Waals surface area contributed by atoms with Crippen molar-refractivity contribution in [3.63, 3.8) is 0 Å². The zero-order chi connectivity index (χ0) is 24.0. The standard InChI is InChI=1S/C23H17ClN2O6S/c24-14-2-4-15(5-3-14)25-20(27)12-33-17-8-6-16(7-9-17)26-21(28)18-10-1-13(22(29)30)11-19(18)23(31)32/h1-11H,12H2,(H,25,27)(H,26,28)(H,29,30)(H,31,32). The number of rotatable bonds is 8. The van der Waals surface area contributed by atoms with Crippen molar-refractivity contribution >= 4 is 58.5 Å². The molecule has 10 heteroatoms. The zero-order valence-corrected chi connectivity index (χ0v) is 18.4. The summed E-state index contributed by atoms with van der Waals surface area (Å²) >= 11 is 7.12. The van der Waals surface area contributed by atoms with Crippen LogP contribution in [-0.2, 0) is 4.79 Å². The molecule has 0 aromatic heterocycles. The zero-order valence-electron chi connectivity index (χ0n) is 16.9. The average molecular weight is 485 g/mol. The molecule has 3 aromatic rings. The molecule has 0 saturated heterocycles. The van der Waals surface area contributed by atoms with Crippen molar-refractivity contribution in [1.29, 1.82) is 0 Å². The minimum absolute atomic E-state index is 0.162. The van der Waals surface area contributed by atoms with Crippen molar-refractivity contribution in [2.45, 2.75) is 4.90 Å². The summed E-state index contributed by atoms with van der Waals surface area (Å²) in [6, 6.07) is 16.7. The van der Waals surface area contributed by atoms with E-state index in [9.17, 15) is 24.3 Å². The van der Waals surface area contributed by atoms with E-state index in [0.717, 1.165) is 17.0 Å². The molecule has 3 rings (SSSR count). The van der Waals surface area contributed by atoms with Crippen molar-refractivity contribution in [2.24, 2.45) is 0 Å². The molecule has 0 aliphatic rings. The average Bonchev–Trinajstić information content (AvgIpc) is 2.79. The Bertz CT molecular complexity index is 1210. The normalized spacial score (nSPS) is 10.3. The fourth-order valence-electron chi connectivity index (χ4n) is 2.76. The Labute approximate surface area is 197 Å². The van der Waals surface area contributed by atoms with E-state index in [4.69, 9.17) is 16.7 Å². The Morgan fingerprint density at radius 3 is 1.97 bits per heavy atom. The maximum Gasteiger partial charge on any atom is 0.336 e. The highest BCUT2D eigenvalue weighted by Crippen LogP contribution is 2.22. The molecule has 0 aliphatic carbocycles. The summed E-state index contributed by atoms with van der Waals surface area (Å²) in [5.41, 5.74) is 0.246. The number of halogens is 1. The number of carboxylic acids is 2. The first-order valence-corrected chi connectivity index (χ1v) is 10.8. The Balaban J connectivity index is 1.59. The molecule has 0 atom stereocenters. The number of hydrogen-bond donors (Lipinski definition) is 4. The van der Waals surface area contributed by atoms with Crippen LogP contribution in [0.4, 0.5) is 11.4 Å². The van der Waals surface area contributed by atoms with Crippen LogP contribution in [0.15, 0.2) is 71.6 Å². The molecule has 33 heavy (non-hydrogen) atoms. The second-order valence-electron chi connectivity index (χ2n) is 6.69. The molecule has 4 N–H and O–H groups in total. The van der Waals surface area contributed by atoms with E-state index in [-0.39, 0.29) is 22.8 Å². The van der Waals surface area contributed by atoms with Crippen LogP contribution in [0.1, 0.15) is 31.1 Å². The van der Waals surface area contributed by atoms with E-state index in [0.29, 0.717) is 16.4 Å². The molecule has 0 fully saturated rings. The van der Waals surface area contributed by atoms with Crippen LogP contribution in [0.3, 0.4) is 0 Å². The maximum absolute atomic E-state index is 12.5. The van der Waals surface area contributed by atoms with Crippen molar-refractivity contribution < 1.29 is 29.4 Å². The Hall–Kier alpha value is -3.82. The van der Waals surface area contributed by atoms with Crippen molar-refractivity contribution in [3.05, 3.63) is 88.4 Å². The number of carboxylic acid groups (broad SMARTS) is 2. The second kappa shape index (κ2) is 10.7. The van der Waals surface area contributed by atoms with Crippen LogP contribution < -0.4 is 10.6 Å². The summed E-state index contributed by atoms with van der Waals surface area (Å²) < 4.78 is 0. The molecule has 3 aromatic carbocycles. The highest BCUT2D eigenvalue weighted by Gasteiger charge is 2.19. The molecule has 0 radical (unpaired) electrons. The Kier molecular flexibility index (Phi) is 7.70. The van der Waals surface area contributed by atoms with Gasteiger partial charge in [-0.25, -0.2) is 9.59 Å². The van der Waals surface area contributed by atoms with E-state index in [1.165, 1.54) is 17.8 Å². The summed E-state index contributed by atoms with van der Waals surface area (Å²) in [4.78, 5) is 47.9. The van der Waals surface area contributed by atoms with Crippen LogP contribution in [0.25, 0.3) is 0 Å². The number of thioether (sulfide) groups is 1. The van der Waals surface area contributed by atoms with Gasteiger partial charge in [-0.05, 0) is 66.7 Å². The van der Waals surface area contributed by atoms with Gasteiger partial charge in [0.2, 0.25) is 5.91 Å². The van der Waals surface area contributed by atoms with E-state index in [2.05, 4.69) is 10.6 Å². The van der Waals surface area contributed by atoms with E-state index < -0.39 is 23.4 Å². The third-order valence-corrected chi connectivity index (χ3v) is 5.62. The predicted molar refractivity (Wildman–Crippen MR) is 126 cm³/mol. The van der Waals surface area contributed by atoms with E-state index in [1.807, 2.05) is 0 Å². The van der Waals surface area contributed by atoms with Crippen molar-refractivity contribution in [2.75, 3.05) is 16.4 Å². The quantitative estimate of drug-likeness (QED) is 0.340. The molecule has 2 amide bonds. The summed E-state index contributed by atoms with van der Waals surface area (Å²) in [5, 5.41) is 24.3. The van der Waals surface area contributed by atoms with Crippen LogP contribution in [0.5, 0.6) is 0 Å². The molecule has 168 valence electrons. The molecule has 0 aliphatic heterocycles. The molecular formula is C23H17ClN2O6S.